The summed E-state index contributed by atoms with van der Waals surface area (Å²) in [6, 6.07) is 3.80. The van der Waals surface area contributed by atoms with Gasteiger partial charge in [0.25, 0.3) is 0 Å². The zero-order chi connectivity index (χ0) is 9.52. The van der Waals surface area contributed by atoms with E-state index in [-0.39, 0.29) is 5.91 Å². The predicted octanol–water partition coefficient (Wildman–Crippen LogP) is 0.612. The van der Waals surface area contributed by atoms with Crippen LogP contribution >= 0.6 is 0 Å². The van der Waals surface area contributed by atoms with Crippen LogP contribution in [0.3, 0.4) is 0 Å². The van der Waals surface area contributed by atoms with E-state index >= 15 is 0 Å². The molecule has 0 aliphatic rings. The summed E-state index contributed by atoms with van der Waals surface area (Å²) in [5.74, 6) is -0.0103. The van der Waals surface area contributed by atoms with Crippen LogP contribution in [0.5, 0.6) is 0 Å². The zero-order valence-corrected chi connectivity index (χ0v) is 7.58. The van der Waals surface area contributed by atoms with Crippen LogP contribution < -0.4 is 10.9 Å². The van der Waals surface area contributed by atoms with Crippen molar-refractivity contribution in [1.82, 2.24) is 15.8 Å². The highest BCUT2D eigenvalue weighted by molar-refractivity contribution is 5.74. The summed E-state index contributed by atoms with van der Waals surface area (Å²) in [5.41, 5.74) is 6.42. The highest BCUT2D eigenvalue weighted by Crippen LogP contribution is 1.92. The number of hydrogen-bond donors (Lipinski definition) is 2. The second-order valence-corrected chi connectivity index (χ2v) is 2.62. The van der Waals surface area contributed by atoms with Crippen molar-refractivity contribution in [2.75, 3.05) is 0 Å². The standard InChI is InChI=1S/C9H13N3O/c1-2-9(13)12-11-7-8-4-3-5-10-6-8/h3-6,11H,2,7H2,1H3,(H,12,13). The summed E-state index contributed by atoms with van der Waals surface area (Å²) in [5, 5.41) is 0. The van der Waals surface area contributed by atoms with Gasteiger partial charge in [-0.3, -0.25) is 15.2 Å². The Morgan fingerprint density at radius 3 is 3.08 bits per heavy atom. The molecule has 13 heavy (non-hydrogen) atoms. The molecule has 0 saturated carbocycles. The van der Waals surface area contributed by atoms with Crippen molar-refractivity contribution in [1.29, 1.82) is 0 Å². The first-order chi connectivity index (χ1) is 6.33. The summed E-state index contributed by atoms with van der Waals surface area (Å²) >= 11 is 0. The molecule has 1 aromatic heterocycles. The largest absolute Gasteiger partial charge is 0.291 e. The molecular weight excluding hydrogens is 166 g/mol. The van der Waals surface area contributed by atoms with E-state index in [1.165, 1.54) is 0 Å². The second-order valence-electron chi connectivity index (χ2n) is 2.62. The molecule has 0 aromatic carbocycles. The maximum atomic E-state index is 10.8. The van der Waals surface area contributed by atoms with Crippen molar-refractivity contribution in [3.05, 3.63) is 30.1 Å². The van der Waals surface area contributed by atoms with Gasteiger partial charge in [-0.05, 0) is 11.6 Å². The third-order valence-corrected chi connectivity index (χ3v) is 1.56. The molecule has 0 unspecified atom stereocenters. The van der Waals surface area contributed by atoms with Crippen molar-refractivity contribution in [2.45, 2.75) is 19.9 Å². The van der Waals surface area contributed by atoms with E-state index in [2.05, 4.69) is 15.8 Å². The minimum atomic E-state index is -0.0103. The molecule has 2 N–H and O–H groups in total. The Bertz CT molecular complexity index is 261. The van der Waals surface area contributed by atoms with Crippen LogP contribution in [0.4, 0.5) is 0 Å². The topological polar surface area (TPSA) is 54.0 Å². The van der Waals surface area contributed by atoms with Crippen LogP contribution in [0.2, 0.25) is 0 Å². The molecule has 1 rings (SSSR count). The molecule has 1 amide bonds. The summed E-state index contributed by atoms with van der Waals surface area (Å²) in [7, 11) is 0. The molecule has 70 valence electrons. The van der Waals surface area contributed by atoms with Crippen molar-refractivity contribution in [3.63, 3.8) is 0 Å². The SMILES string of the molecule is CCC(=O)NNCc1cccnc1. The van der Waals surface area contributed by atoms with Crippen molar-refractivity contribution >= 4 is 5.91 Å². The molecule has 0 bridgehead atoms. The molecule has 0 aliphatic carbocycles. The molecule has 0 radical (unpaired) electrons. The number of aromatic nitrogens is 1. The lowest BCUT2D eigenvalue weighted by atomic mass is 10.3. The minimum absolute atomic E-state index is 0.0103. The number of carbonyl (C=O) groups excluding carboxylic acids is 1. The Morgan fingerprint density at radius 1 is 1.62 bits per heavy atom. The number of pyridine rings is 1. The van der Waals surface area contributed by atoms with Crippen molar-refractivity contribution in [3.8, 4) is 0 Å². The maximum Gasteiger partial charge on any atom is 0.233 e. The Labute approximate surface area is 77.3 Å². The van der Waals surface area contributed by atoms with E-state index in [4.69, 9.17) is 0 Å². The first kappa shape index (κ1) is 9.67. The molecule has 0 fully saturated rings. The summed E-state index contributed by atoms with van der Waals surface area (Å²) in [6.45, 7) is 2.40. The average Bonchev–Trinajstić information content (AvgIpc) is 2.19. The van der Waals surface area contributed by atoms with E-state index in [0.29, 0.717) is 13.0 Å². The second kappa shape index (κ2) is 5.27. The number of amides is 1. The minimum Gasteiger partial charge on any atom is -0.291 e. The van der Waals surface area contributed by atoms with E-state index < -0.39 is 0 Å². The fourth-order valence-electron chi connectivity index (χ4n) is 0.836. The third-order valence-electron chi connectivity index (χ3n) is 1.56. The smallest absolute Gasteiger partial charge is 0.233 e. The summed E-state index contributed by atoms with van der Waals surface area (Å²) in [4.78, 5) is 14.8. The molecule has 1 aromatic rings. The van der Waals surface area contributed by atoms with Gasteiger partial charge in [0, 0.05) is 25.4 Å². The van der Waals surface area contributed by atoms with Crippen LogP contribution in [0, 0.1) is 0 Å². The van der Waals surface area contributed by atoms with Gasteiger partial charge >= 0.3 is 0 Å². The molecule has 4 heteroatoms. The number of nitrogens with zero attached hydrogens (tertiary/aromatic N) is 1. The van der Waals surface area contributed by atoms with Crippen LogP contribution in [0.25, 0.3) is 0 Å². The van der Waals surface area contributed by atoms with Gasteiger partial charge in [0.05, 0.1) is 0 Å². The average molecular weight is 179 g/mol. The van der Waals surface area contributed by atoms with Gasteiger partial charge in [-0.2, -0.15) is 0 Å². The lowest BCUT2D eigenvalue weighted by Gasteiger charge is -2.04. The highest BCUT2D eigenvalue weighted by Gasteiger charge is 1.94. The summed E-state index contributed by atoms with van der Waals surface area (Å²) in [6.07, 6.45) is 3.96. The Hall–Kier alpha value is -1.42. The van der Waals surface area contributed by atoms with E-state index in [0.717, 1.165) is 5.56 Å². The van der Waals surface area contributed by atoms with Gasteiger partial charge in [-0.25, -0.2) is 5.43 Å². The zero-order valence-electron chi connectivity index (χ0n) is 7.58. The van der Waals surface area contributed by atoms with Crippen LogP contribution in [0.1, 0.15) is 18.9 Å². The third kappa shape index (κ3) is 3.66. The normalized spacial score (nSPS) is 9.62. The highest BCUT2D eigenvalue weighted by atomic mass is 16.2. The lowest BCUT2D eigenvalue weighted by molar-refractivity contribution is -0.121. The number of hydrazine groups is 1. The quantitative estimate of drug-likeness (QED) is 0.666. The van der Waals surface area contributed by atoms with Crippen LogP contribution in [-0.2, 0) is 11.3 Å². The first-order valence-electron chi connectivity index (χ1n) is 4.23. The Morgan fingerprint density at radius 2 is 2.46 bits per heavy atom. The van der Waals surface area contributed by atoms with Crippen molar-refractivity contribution in [2.24, 2.45) is 0 Å². The number of carbonyl (C=O) groups is 1. The number of nitrogens with one attached hydrogen (secondary N) is 2. The fraction of sp³-hybridized carbons (Fsp3) is 0.333. The van der Waals surface area contributed by atoms with Crippen LogP contribution in [0.15, 0.2) is 24.5 Å². The Balaban J connectivity index is 2.24. The van der Waals surface area contributed by atoms with E-state index in [1.807, 2.05) is 12.1 Å². The van der Waals surface area contributed by atoms with Crippen molar-refractivity contribution < 1.29 is 4.79 Å². The maximum absolute atomic E-state index is 10.8. The van der Waals surface area contributed by atoms with E-state index in [1.54, 1.807) is 19.3 Å². The molecule has 0 aliphatic heterocycles. The van der Waals surface area contributed by atoms with Gasteiger partial charge in [0.15, 0.2) is 0 Å². The molecule has 0 saturated heterocycles. The van der Waals surface area contributed by atoms with Gasteiger partial charge in [-0.1, -0.05) is 13.0 Å². The van der Waals surface area contributed by atoms with Crippen LogP contribution in [-0.4, -0.2) is 10.9 Å². The summed E-state index contributed by atoms with van der Waals surface area (Å²) < 4.78 is 0. The van der Waals surface area contributed by atoms with Gasteiger partial charge in [0.1, 0.15) is 0 Å². The van der Waals surface area contributed by atoms with Gasteiger partial charge < -0.3 is 0 Å². The fourth-order valence-corrected chi connectivity index (χ4v) is 0.836. The molecule has 0 atom stereocenters. The monoisotopic (exact) mass is 179 g/mol. The number of rotatable bonds is 4. The predicted molar refractivity (Wildman–Crippen MR) is 49.5 cm³/mol. The molecule has 4 nitrogen and oxygen atoms in total. The molecule has 0 spiro atoms. The lowest BCUT2D eigenvalue weighted by Crippen LogP contribution is -2.36. The molecular formula is C9H13N3O. The Kier molecular flexibility index (Phi) is 3.92. The van der Waals surface area contributed by atoms with E-state index in [9.17, 15) is 4.79 Å². The van der Waals surface area contributed by atoms with Gasteiger partial charge in [-0.15, -0.1) is 0 Å². The number of hydrogen-bond acceptors (Lipinski definition) is 3. The molecule has 1 heterocycles. The van der Waals surface area contributed by atoms with Gasteiger partial charge in [0.2, 0.25) is 5.91 Å². The first-order valence-corrected chi connectivity index (χ1v) is 4.23.